The van der Waals surface area contributed by atoms with Crippen molar-refractivity contribution in [2.75, 3.05) is 13.6 Å². The highest BCUT2D eigenvalue weighted by atomic mass is 16.2. The highest BCUT2D eigenvalue weighted by molar-refractivity contribution is 6.21. The second kappa shape index (κ2) is 5.72. The molecule has 1 aliphatic carbocycles. The Bertz CT molecular complexity index is 725. The topological polar surface area (TPSA) is 57.7 Å². The molecule has 2 aliphatic heterocycles. The third-order valence-corrected chi connectivity index (χ3v) is 5.84. The van der Waals surface area contributed by atoms with Crippen LogP contribution in [-0.2, 0) is 0 Å². The van der Waals surface area contributed by atoms with Crippen LogP contribution in [0.4, 0.5) is 0 Å². The van der Waals surface area contributed by atoms with Crippen LogP contribution in [0.25, 0.3) is 0 Å². The lowest BCUT2D eigenvalue weighted by molar-refractivity contribution is 0.0390. The van der Waals surface area contributed by atoms with E-state index in [1.165, 1.54) is 32.7 Å². The van der Waals surface area contributed by atoms with E-state index in [4.69, 9.17) is 0 Å². The first kappa shape index (κ1) is 15.4. The first-order valence-corrected chi connectivity index (χ1v) is 8.85. The summed E-state index contributed by atoms with van der Waals surface area (Å²) in [5.41, 5.74) is 1.27. The fourth-order valence-corrected chi connectivity index (χ4v) is 4.54. The molecule has 2 fully saturated rings. The van der Waals surface area contributed by atoms with E-state index in [0.29, 0.717) is 28.7 Å². The van der Waals surface area contributed by atoms with Gasteiger partial charge in [0, 0.05) is 25.2 Å². The van der Waals surface area contributed by atoms with Crippen molar-refractivity contribution >= 4 is 17.7 Å². The fraction of sp³-hybridized carbons (Fsp3) is 0.526. The van der Waals surface area contributed by atoms with Crippen LogP contribution in [0.5, 0.6) is 0 Å². The van der Waals surface area contributed by atoms with Gasteiger partial charge in [0.25, 0.3) is 17.7 Å². The molecule has 5 heteroatoms. The third-order valence-electron chi connectivity index (χ3n) is 5.84. The van der Waals surface area contributed by atoms with Gasteiger partial charge in [0.15, 0.2) is 0 Å². The summed E-state index contributed by atoms with van der Waals surface area (Å²) in [5, 5.41) is 0. The number of hydrogen-bond acceptors (Lipinski definition) is 3. The molecule has 0 radical (unpaired) electrons. The summed E-state index contributed by atoms with van der Waals surface area (Å²) in [6, 6.07) is 5.26. The Balaban J connectivity index is 1.63. The van der Waals surface area contributed by atoms with E-state index < -0.39 is 0 Å². The van der Waals surface area contributed by atoms with Gasteiger partial charge in [0.2, 0.25) is 0 Å². The molecule has 126 valence electrons. The highest BCUT2D eigenvalue weighted by Gasteiger charge is 2.37. The average Bonchev–Trinajstić information content (AvgIpc) is 2.84. The maximum atomic E-state index is 13.0. The van der Waals surface area contributed by atoms with Gasteiger partial charge < -0.3 is 4.90 Å². The van der Waals surface area contributed by atoms with E-state index in [0.717, 1.165) is 24.3 Å². The van der Waals surface area contributed by atoms with E-state index >= 15 is 0 Å². The van der Waals surface area contributed by atoms with E-state index in [2.05, 4.69) is 0 Å². The number of benzene rings is 1. The van der Waals surface area contributed by atoms with Gasteiger partial charge in [0.1, 0.15) is 0 Å². The predicted octanol–water partition coefficient (Wildman–Crippen LogP) is 2.71. The van der Waals surface area contributed by atoms with Crippen molar-refractivity contribution in [3.05, 3.63) is 34.9 Å². The Morgan fingerprint density at radius 3 is 2.54 bits per heavy atom. The van der Waals surface area contributed by atoms with E-state index in [1.807, 2.05) is 4.90 Å². The molecule has 3 amide bonds. The van der Waals surface area contributed by atoms with Crippen molar-refractivity contribution in [2.45, 2.75) is 44.6 Å². The SMILES string of the molecule is CN1C(=O)c2ccc(C(=O)N3CCC[C@@H]4CCCC[C@H]43)cc2C1=O. The Kier molecular flexibility index (Phi) is 3.66. The summed E-state index contributed by atoms with van der Waals surface area (Å²) in [6.07, 6.45) is 7.03. The lowest BCUT2D eigenvalue weighted by Crippen LogP contribution is -2.49. The minimum absolute atomic E-state index is 0.00389. The van der Waals surface area contributed by atoms with Crippen LogP contribution in [0.2, 0.25) is 0 Å². The van der Waals surface area contributed by atoms with Gasteiger partial charge in [-0.15, -0.1) is 0 Å². The highest BCUT2D eigenvalue weighted by Crippen LogP contribution is 2.36. The van der Waals surface area contributed by atoms with Gasteiger partial charge in [-0.05, 0) is 49.8 Å². The molecule has 0 bridgehead atoms. The average molecular weight is 326 g/mol. The molecule has 2 atom stereocenters. The Labute approximate surface area is 141 Å². The molecule has 1 saturated carbocycles. The van der Waals surface area contributed by atoms with Gasteiger partial charge in [-0.25, -0.2) is 0 Å². The lowest BCUT2D eigenvalue weighted by atomic mass is 9.78. The maximum Gasteiger partial charge on any atom is 0.261 e. The number of carbonyl (C=O) groups excluding carboxylic acids is 3. The van der Waals surface area contributed by atoms with Crippen LogP contribution in [0.15, 0.2) is 18.2 Å². The van der Waals surface area contributed by atoms with Crippen LogP contribution in [0, 0.1) is 5.92 Å². The smallest absolute Gasteiger partial charge is 0.261 e. The van der Waals surface area contributed by atoms with Crippen molar-refractivity contribution in [3.8, 4) is 0 Å². The standard InChI is InChI=1S/C19H22N2O3/c1-20-18(23)14-9-8-13(11-15(14)19(20)24)17(22)21-10-4-6-12-5-2-3-7-16(12)21/h8-9,11-12,16H,2-7,10H2,1H3/t12-,16+/m0/s1. The molecule has 3 aliphatic rings. The quantitative estimate of drug-likeness (QED) is 0.746. The normalized spacial score (nSPS) is 26.4. The molecule has 1 aromatic carbocycles. The zero-order valence-electron chi connectivity index (χ0n) is 14.0. The Morgan fingerprint density at radius 2 is 1.71 bits per heavy atom. The second-order valence-electron chi connectivity index (χ2n) is 7.18. The van der Waals surface area contributed by atoms with Crippen molar-refractivity contribution < 1.29 is 14.4 Å². The second-order valence-corrected chi connectivity index (χ2v) is 7.18. The zero-order chi connectivity index (χ0) is 16.8. The van der Waals surface area contributed by atoms with Crippen LogP contribution in [0.3, 0.4) is 0 Å². The molecule has 0 N–H and O–H groups in total. The van der Waals surface area contributed by atoms with E-state index in [1.54, 1.807) is 18.2 Å². The van der Waals surface area contributed by atoms with E-state index in [9.17, 15) is 14.4 Å². The summed E-state index contributed by atoms with van der Waals surface area (Å²) < 4.78 is 0. The summed E-state index contributed by atoms with van der Waals surface area (Å²) in [5.74, 6) is 0.0163. The zero-order valence-corrected chi connectivity index (χ0v) is 14.0. The molecular formula is C19H22N2O3. The fourth-order valence-electron chi connectivity index (χ4n) is 4.54. The van der Waals surface area contributed by atoms with Crippen LogP contribution in [0.1, 0.15) is 69.6 Å². The number of hydrogen-bond donors (Lipinski definition) is 0. The van der Waals surface area contributed by atoms with Crippen molar-refractivity contribution in [1.29, 1.82) is 0 Å². The lowest BCUT2D eigenvalue weighted by Gasteiger charge is -2.44. The number of carbonyl (C=O) groups is 3. The third kappa shape index (κ3) is 2.26. The molecule has 2 heterocycles. The summed E-state index contributed by atoms with van der Waals surface area (Å²) in [7, 11) is 1.48. The molecule has 5 nitrogen and oxygen atoms in total. The predicted molar refractivity (Wildman–Crippen MR) is 88.9 cm³/mol. The van der Waals surface area contributed by atoms with Gasteiger partial charge in [0.05, 0.1) is 11.1 Å². The van der Waals surface area contributed by atoms with Gasteiger partial charge >= 0.3 is 0 Å². The number of piperidine rings is 1. The summed E-state index contributed by atoms with van der Waals surface area (Å²) in [4.78, 5) is 40.3. The molecule has 1 saturated heterocycles. The molecule has 24 heavy (non-hydrogen) atoms. The number of rotatable bonds is 1. The minimum atomic E-state index is -0.321. The molecule has 0 spiro atoms. The number of fused-ring (bicyclic) bond motifs is 2. The van der Waals surface area contributed by atoms with Crippen molar-refractivity contribution in [3.63, 3.8) is 0 Å². The Hall–Kier alpha value is -2.17. The van der Waals surface area contributed by atoms with Crippen LogP contribution in [-0.4, -0.2) is 47.2 Å². The molecule has 4 rings (SSSR count). The number of likely N-dealkylation sites (tertiary alicyclic amines) is 1. The van der Waals surface area contributed by atoms with Gasteiger partial charge in [-0.1, -0.05) is 12.8 Å². The van der Waals surface area contributed by atoms with Gasteiger partial charge in [-0.3, -0.25) is 19.3 Å². The number of imide groups is 1. The van der Waals surface area contributed by atoms with Crippen molar-refractivity contribution in [1.82, 2.24) is 9.80 Å². The minimum Gasteiger partial charge on any atom is -0.335 e. The number of amides is 3. The first-order chi connectivity index (χ1) is 11.6. The largest absolute Gasteiger partial charge is 0.335 e. The van der Waals surface area contributed by atoms with Crippen LogP contribution >= 0.6 is 0 Å². The first-order valence-electron chi connectivity index (χ1n) is 8.85. The summed E-state index contributed by atoms with van der Waals surface area (Å²) in [6.45, 7) is 0.796. The maximum absolute atomic E-state index is 13.0. The van der Waals surface area contributed by atoms with Crippen molar-refractivity contribution in [2.24, 2.45) is 5.92 Å². The monoisotopic (exact) mass is 326 g/mol. The van der Waals surface area contributed by atoms with Crippen LogP contribution < -0.4 is 0 Å². The molecule has 0 aromatic heterocycles. The summed E-state index contributed by atoms with van der Waals surface area (Å²) >= 11 is 0. The molecule has 1 aromatic rings. The van der Waals surface area contributed by atoms with E-state index in [-0.39, 0.29) is 17.7 Å². The molecular weight excluding hydrogens is 304 g/mol. The van der Waals surface area contributed by atoms with Gasteiger partial charge in [-0.2, -0.15) is 0 Å². The Morgan fingerprint density at radius 1 is 1.00 bits per heavy atom. The molecule has 0 unspecified atom stereocenters. The number of nitrogens with zero attached hydrogens (tertiary/aromatic N) is 2.